The molecule has 6 nitrogen and oxygen atoms in total. The van der Waals surface area contributed by atoms with Gasteiger partial charge in [-0.05, 0) is 43.7 Å². The van der Waals surface area contributed by atoms with Crippen molar-refractivity contribution >= 4 is 46.3 Å². The van der Waals surface area contributed by atoms with E-state index in [9.17, 15) is 9.59 Å². The Morgan fingerprint density at radius 2 is 1.87 bits per heavy atom. The Bertz CT molecular complexity index is 1120. The van der Waals surface area contributed by atoms with E-state index in [1.54, 1.807) is 6.08 Å². The van der Waals surface area contributed by atoms with E-state index in [2.05, 4.69) is 24.1 Å². The summed E-state index contributed by atoms with van der Waals surface area (Å²) in [4.78, 5) is 25.8. The van der Waals surface area contributed by atoms with Crippen LogP contribution in [0.3, 0.4) is 0 Å². The first-order valence-corrected chi connectivity index (χ1v) is 10.9. The van der Waals surface area contributed by atoms with Gasteiger partial charge in [-0.15, -0.1) is 11.6 Å². The zero-order valence-corrected chi connectivity index (χ0v) is 18.6. The zero-order chi connectivity index (χ0) is 22.2. The quantitative estimate of drug-likeness (QED) is 0.314. The van der Waals surface area contributed by atoms with Crippen LogP contribution in [-0.2, 0) is 11.3 Å². The summed E-state index contributed by atoms with van der Waals surface area (Å²) < 4.78 is 7.53. The number of aromatic nitrogens is 1. The molecule has 0 bridgehead atoms. The molecule has 3 aromatic rings. The van der Waals surface area contributed by atoms with Crippen molar-refractivity contribution < 1.29 is 13.8 Å². The summed E-state index contributed by atoms with van der Waals surface area (Å²) in [5, 5.41) is 3.61. The number of alkyl halides is 1. The maximum absolute atomic E-state index is 12.4. The fourth-order valence-corrected chi connectivity index (χ4v) is 3.40. The smallest absolute Gasteiger partial charge is 0.343 e. The molecule has 7 heteroatoms. The highest BCUT2D eigenvalue weighted by molar-refractivity contribution is 6.27. The molecule has 0 spiro atoms. The molecule has 0 fully saturated rings. The van der Waals surface area contributed by atoms with Gasteiger partial charge in [-0.2, -0.15) is 0 Å². The lowest BCUT2D eigenvalue weighted by Gasteiger charge is -2.20. The van der Waals surface area contributed by atoms with E-state index in [-0.39, 0.29) is 17.4 Å². The van der Waals surface area contributed by atoms with Crippen molar-refractivity contribution in [3.8, 4) is 0 Å². The van der Waals surface area contributed by atoms with Gasteiger partial charge in [-0.25, -0.2) is 9.36 Å². The Morgan fingerprint density at radius 1 is 1.13 bits per heavy atom. The largest absolute Gasteiger partial charge is 0.422 e. The summed E-state index contributed by atoms with van der Waals surface area (Å²) >= 11 is 5.46. The molecule has 1 N–H and O–H groups in total. The third kappa shape index (κ3) is 5.95. The van der Waals surface area contributed by atoms with E-state index in [0.717, 1.165) is 29.7 Å². The van der Waals surface area contributed by atoms with E-state index >= 15 is 0 Å². The van der Waals surface area contributed by atoms with E-state index < -0.39 is 0 Å². The molecule has 1 amide bonds. The van der Waals surface area contributed by atoms with Gasteiger partial charge in [-0.3, -0.25) is 4.79 Å². The molecular formula is C24H27ClN3O3+. The number of nitrogens with zero attached hydrogens (tertiary/aromatic N) is 2. The van der Waals surface area contributed by atoms with Gasteiger partial charge in [0, 0.05) is 42.4 Å². The highest BCUT2D eigenvalue weighted by Gasteiger charge is 2.07. The Balaban J connectivity index is 1.72. The third-order valence-corrected chi connectivity index (χ3v) is 5.30. The second-order valence-corrected chi connectivity index (χ2v) is 7.34. The molecule has 0 aliphatic carbocycles. The summed E-state index contributed by atoms with van der Waals surface area (Å²) in [7, 11) is 0. The Morgan fingerprint density at radius 3 is 2.55 bits per heavy atom. The highest BCUT2D eigenvalue weighted by atomic mass is 35.5. The van der Waals surface area contributed by atoms with Crippen LogP contribution in [0.1, 0.15) is 25.0 Å². The monoisotopic (exact) mass is 440 g/mol. The number of nitrogens with one attached hydrogen (secondary N) is 1. The summed E-state index contributed by atoms with van der Waals surface area (Å²) in [6.45, 7) is 7.15. The molecule has 31 heavy (non-hydrogen) atoms. The predicted octanol–water partition coefficient (Wildman–Crippen LogP) is 3.45. The van der Waals surface area contributed by atoms with Crippen molar-refractivity contribution in [2.24, 2.45) is 0 Å². The van der Waals surface area contributed by atoms with Crippen molar-refractivity contribution in [3.05, 3.63) is 70.3 Å². The van der Waals surface area contributed by atoms with Crippen molar-refractivity contribution in [2.45, 2.75) is 20.4 Å². The lowest BCUT2D eigenvalue weighted by Crippen LogP contribution is -2.40. The van der Waals surface area contributed by atoms with Crippen LogP contribution in [0, 0.1) is 0 Å². The minimum Gasteiger partial charge on any atom is -0.422 e. The number of benzene rings is 1. The molecule has 3 rings (SSSR count). The SMILES string of the molecule is CCN(CC)c1ccc2cc(/C=C/c3cc[n+](CCNC(=O)CCl)cc3)c(=O)oc2c1. The van der Waals surface area contributed by atoms with Gasteiger partial charge < -0.3 is 14.6 Å². The lowest BCUT2D eigenvalue weighted by molar-refractivity contribution is -0.694. The first-order valence-electron chi connectivity index (χ1n) is 10.4. The molecule has 0 saturated carbocycles. The van der Waals surface area contributed by atoms with Crippen LogP contribution < -0.4 is 20.4 Å². The molecular weight excluding hydrogens is 414 g/mol. The van der Waals surface area contributed by atoms with E-state index in [1.807, 2.05) is 59.4 Å². The van der Waals surface area contributed by atoms with Gasteiger partial charge in [-0.1, -0.05) is 6.08 Å². The standard InChI is InChI=1S/C24H26ClN3O3/c1-3-28(4-2)21-8-7-19-15-20(24(30)31-22(19)16-21)6-5-18-9-12-27(13-10-18)14-11-26-23(29)17-25/h5-10,12-13,15-16H,3-4,11,14,17H2,1-2H3/p+1. The molecule has 1 aromatic carbocycles. The topological polar surface area (TPSA) is 66.4 Å². The van der Waals surface area contributed by atoms with Crippen molar-refractivity contribution in [2.75, 3.05) is 30.4 Å². The molecule has 0 radical (unpaired) electrons. The fraction of sp³-hybridized carbons (Fsp3) is 0.292. The number of halogens is 1. The number of amides is 1. The van der Waals surface area contributed by atoms with E-state index in [4.69, 9.17) is 16.0 Å². The Labute approximate surface area is 186 Å². The minimum absolute atomic E-state index is 0.0335. The second kappa shape index (κ2) is 10.8. The number of carbonyl (C=O) groups is 1. The number of anilines is 1. The number of carbonyl (C=O) groups excluding carboxylic acids is 1. The number of hydrogen-bond acceptors (Lipinski definition) is 4. The van der Waals surface area contributed by atoms with Gasteiger partial charge >= 0.3 is 5.63 Å². The van der Waals surface area contributed by atoms with Crippen molar-refractivity contribution in [1.82, 2.24) is 5.32 Å². The molecule has 0 saturated heterocycles. The molecule has 0 aliphatic rings. The van der Waals surface area contributed by atoms with Crippen molar-refractivity contribution in [3.63, 3.8) is 0 Å². The van der Waals surface area contributed by atoms with Crippen LogP contribution in [0.5, 0.6) is 0 Å². The number of fused-ring (bicyclic) bond motifs is 1. The molecule has 162 valence electrons. The molecule has 2 heterocycles. The van der Waals surface area contributed by atoms with E-state index in [1.165, 1.54) is 0 Å². The molecule has 0 atom stereocenters. The van der Waals surface area contributed by atoms with E-state index in [0.29, 0.717) is 24.2 Å². The van der Waals surface area contributed by atoms with Crippen LogP contribution in [0.25, 0.3) is 23.1 Å². The molecule has 0 unspecified atom stereocenters. The normalized spacial score (nSPS) is 11.2. The number of rotatable bonds is 9. The number of pyridine rings is 1. The highest BCUT2D eigenvalue weighted by Crippen LogP contribution is 2.22. The molecule has 2 aromatic heterocycles. The number of hydrogen-bond donors (Lipinski definition) is 1. The average molecular weight is 441 g/mol. The van der Waals surface area contributed by atoms with Crippen LogP contribution in [-0.4, -0.2) is 31.4 Å². The Kier molecular flexibility index (Phi) is 7.84. The summed E-state index contributed by atoms with van der Waals surface area (Å²) in [6, 6.07) is 11.7. The second-order valence-electron chi connectivity index (χ2n) is 7.07. The predicted molar refractivity (Wildman–Crippen MR) is 125 cm³/mol. The lowest BCUT2D eigenvalue weighted by atomic mass is 10.1. The zero-order valence-electron chi connectivity index (χ0n) is 17.8. The first-order chi connectivity index (χ1) is 15.0. The van der Waals surface area contributed by atoms with Gasteiger partial charge in [0.25, 0.3) is 0 Å². The summed E-state index contributed by atoms with van der Waals surface area (Å²) in [5.74, 6) is -0.214. The maximum Gasteiger partial charge on any atom is 0.343 e. The van der Waals surface area contributed by atoms with Gasteiger partial charge in [0.1, 0.15) is 11.5 Å². The Hall–Kier alpha value is -3.12. The average Bonchev–Trinajstić information content (AvgIpc) is 2.79. The van der Waals surface area contributed by atoms with Crippen molar-refractivity contribution in [1.29, 1.82) is 0 Å². The van der Waals surface area contributed by atoms with Crippen LogP contribution in [0.4, 0.5) is 5.69 Å². The summed E-state index contributed by atoms with van der Waals surface area (Å²) in [5.41, 5.74) is 2.74. The first kappa shape index (κ1) is 22.6. The van der Waals surface area contributed by atoms with Gasteiger partial charge in [0.05, 0.1) is 12.1 Å². The molecule has 0 aliphatic heterocycles. The minimum atomic E-state index is -0.360. The maximum atomic E-state index is 12.4. The van der Waals surface area contributed by atoms with Gasteiger partial charge in [0.15, 0.2) is 18.9 Å². The third-order valence-electron chi connectivity index (χ3n) is 5.06. The van der Waals surface area contributed by atoms with Crippen LogP contribution in [0.2, 0.25) is 0 Å². The fourth-order valence-electron chi connectivity index (χ4n) is 3.30. The van der Waals surface area contributed by atoms with Crippen LogP contribution in [0.15, 0.2) is 58.0 Å². The summed E-state index contributed by atoms with van der Waals surface area (Å²) in [6.07, 6.45) is 7.49. The van der Waals surface area contributed by atoms with Crippen LogP contribution >= 0.6 is 11.6 Å². The van der Waals surface area contributed by atoms with Gasteiger partial charge in [0.2, 0.25) is 5.91 Å².